The molecule has 0 unspecified atom stereocenters. The molecular formula is C21H28N2O5S. The van der Waals surface area contributed by atoms with Crippen molar-refractivity contribution in [1.29, 1.82) is 0 Å². The van der Waals surface area contributed by atoms with Crippen LogP contribution >= 0.6 is 11.8 Å². The molecule has 158 valence electrons. The van der Waals surface area contributed by atoms with Crippen molar-refractivity contribution in [3.8, 4) is 5.75 Å². The van der Waals surface area contributed by atoms with E-state index in [1.807, 2.05) is 26.0 Å². The van der Waals surface area contributed by atoms with Crippen LogP contribution in [0.25, 0.3) is 6.08 Å². The number of aryl methyl sites for hydroxylation is 1. The third-order valence-electron chi connectivity index (χ3n) is 4.41. The van der Waals surface area contributed by atoms with Gasteiger partial charge in [0.25, 0.3) is 11.1 Å². The molecule has 1 N–H and O–H groups in total. The van der Waals surface area contributed by atoms with E-state index in [1.54, 1.807) is 6.08 Å². The Morgan fingerprint density at radius 2 is 2.03 bits per heavy atom. The topological polar surface area (TPSA) is 84.9 Å². The van der Waals surface area contributed by atoms with Crippen molar-refractivity contribution in [3.63, 3.8) is 0 Å². The van der Waals surface area contributed by atoms with Gasteiger partial charge in [-0.1, -0.05) is 13.8 Å². The van der Waals surface area contributed by atoms with Gasteiger partial charge in [-0.15, -0.1) is 0 Å². The van der Waals surface area contributed by atoms with E-state index >= 15 is 0 Å². The molecule has 2 rings (SSSR count). The van der Waals surface area contributed by atoms with Crippen LogP contribution in [0.1, 0.15) is 43.4 Å². The highest BCUT2D eigenvalue weighted by molar-refractivity contribution is 8.18. The average Bonchev–Trinajstić information content (AvgIpc) is 2.91. The van der Waals surface area contributed by atoms with Crippen LogP contribution in [0.15, 0.2) is 17.0 Å². The molecule has 0 aromatic heterocycles. The lowest BCUT2D eigenvalue weighted by Gasteiger charge is -2.16. The number of rotatable bonds is 9. The number of carbonyl (C=O) groups is 3. The smallest absolute Gasteiger partial charge is 0.294 e. The predicted octanol–water partition coefficient (Wildman–Crippen LogP) is 3.32. The monoisotopic (exact) mass is 420 g/mol. The van der Waals surface area contributed by atoms with Gasteiger partial charge in [-0.25, -0.2) is 0 Å². The summed E-state index contributed by atoms with van der Waals surface area (Å²) >= 11 is 0.847. The van der Waals surface area contributed by atoms with Gasteiger partial charge < -0.3 is 14.8 Å². The normalized spacial score (nSPS) is 15.5. The van der Waals surface area contributed by atoms with Crippen molar-refractivity contribution in [2.45, 2.75) is 33.6 Å². The summed E-state index contributed by atoms with van der Waals surface area (Å²) in [4.78, 5) is 38.1. The number of hydrogen-bond acceptors (Lipinski definition) is 6. The Balaban J connectivity index is 2.22. The quantitative estimate of drug-likeness (QED) is 0.487. The third kappa shape index (κ3) is 5.83. The molecule has 1 heterocycles. The molecule has 7 nitrogen and oxygen atoms in total. The fourth-order valence-corrected chi connectivity index (χ4v) is 3.70. The first-order chi connectivity index (χ1) is 13.8. The SMILES string of the molecule is CCOc1cc(C)c(/C=C2\SC(=O)N(CC(=O)NCCOC)C2=O)cc1C(C)C. The molecule has 1 aromatic rings. The highest BCUT2D eigenvalue weighted by Crippen LogP contribution is 2.35. The summed E-state index contributed by atoms with van der Waals surface area (Å²) in [6.45, 7) is 8.99. The molecule has 0 spiro atoms. The van der Waals surface area contributed by atoms with E-state index in [1.165, 1.54) is 7.11 Å². The van der Waals surface area contributed by atoms with Crippen molar-refractivity contribution in [2.75, 3.05) is 33.4 Å². The van der Waals surface area contributed by atoms with Crippen molar-refractivity contribution < 1.29 is 23.9 Å². The predicted molar refractivity (Wildman–Crippen MR) is 114 cm³/mol. The molecule has 1 aliphatic rings. The Bertz CT molecular complexity index is 820. The van der Waals surface area contributed by atoms with Crippen LogP contribution in [-0.2, 0) is 14.3 Å². The first kappa shape index (κ1) is 23.0. The van der Waals surface area contributed by atoms with E-state index in [4.69, 9.17) is 9.47 Å². The largest absolute Gasteiger partial charge is 0.494 e. The number of hydrogen-bond donors (Lipinski definition) is 1. The number of amides is 3. The van der Waals surface area contributed by atoms with Gasteiger partial charge in [0, 0.05) is 13.7 Å². The molecule has 3 amide bonds. The highest BCUT2D eigenvalue weighted by atomic mass is 32.2. The average molecular weight is 421 g/mol. The van der Waals surface area contributed by atoms with Gasteiger partial charge in [0.15, 0.2) is 0 Å². The maximum absolute atomic E-state index is 12.7. The zero-order valence-corrected chi connectivity index (χ0v) is 18.4. The highest BCUT2D eigenvalue weighted by Gasteiger charge is 2.36. The summed E-state index contributed by atoms with van der Waals surface area (Å²) < 4.78 is 10.6. The van der Waals surface area contributed by atoms with Gasteiger partial charge in [0.05, 0.1) is 18.1 Å². The number of nitrogens with zero attached hydrogens (tertiary/aromatic N) is 1. The Hall–Kier alpha value is -2.32. The van der Waals surface area contributed by atoms with Gasteiger partial charge >= 0.3 is 0 Å². The zero-order chi connectivity index (χ0) is 21.6. The standard InChI is InChI=1S/C21H28N2O5S/c1-6-28-17-9-14(4)15(10-16(17)13(2)3)11-18-20(25)23(21(26)29-18)12-19(24)22-7-8-27-5/h9-11,13H,6-8,12H2,1-5H3,(H,22,24)/b18-11-. The van der Waals surface area contributed by atoms with Gasteiger partial charge in [-0.3, -0.25) is 19.3 Å². The molecule has 29 heavy (non-hydrogen) atoms. The molecule has 1 saturated heterocycles. The molecule has 0 aliphatic carbocycles. The second kappa shape index (κ2) is 10.5. The lowest BCUT2D eigenvalue weighted by atomic mass is 9.96. The summed E-state index contributed by atoms with van der Waals surface area (Å²) in [5.74, 6) is 0.222. The van der Waals surface area contributed by atoms with Crippen molar-refractivity contribution in [1.82, 2.24) is 10.2 Å². The Kier molecular flexibility index (Phi) is 8.28. The Labute approximate surface area is 175 Å². The molecule has 0 bridgehead atoms. The lowest BCUT2D eigenvalue weighted by molar-refractivity contribution is -0.129. The number of nitrogens with one attached hydrogen (secondary N) is 1. The van der Waals surface area contributed by atoms with Crippen LogP contribution in [0.2, 0.25) is 0 Å². The van der Waals surface area contributed by atoms with E-state index in [0.29, 0.717) is 24.7 Å². The fourth-order valence-electron chi connectivity index (χ4n) is 2.87. The van der Waals surface area contributed by atoms with Gasteiger partial charge in [-0.05, 0) is 66.4 Å². The third-order valence-corrected chi connectivity index (χ3v) is 5.32. The van der Waals surface area contributed by atoms with Crippen molar-refractivity contribution in [2.24, 2.45) is 0 Å². The molecule has 1 aromatic carbocycles. The summed E-state index contributed by atoms with van der Waals surface area (Å²) in [5, 5.41) is 2.16. The molecule has 0 atom stereocenters. The number of thioether (sulfide) groups is 1. The first-order valence-corrected chi connectivity index (χ1v) is 10.4. The van der Waals surface area contributed by atoms with Crippen LogP contribution in [0, 0.1) is 6.92 Å². The van der Waals surface area contributed by atoms with E-state index in [0.717, 1.165) is 39.1 Å². The summed E-state index contributed by atoms with van der Waals surface area (Å²) in [6.07, 6.45) is 1.71. The number of benzene rings is 1. The minimum atomic E-state index is -0.457. The minimum Gasteiger partial charge on any atom is -0.494 e. The summed E-state index contributed by atoms with van der Waals surface area (Å²) in [7, 11) is 1.53. The van der Waals surface area contributed by atoms with E-state index < -0.39 is 17.1 Å². The molecule has 0 saturated carbocycles. The Morgan fingerprint density at radius 3 is 2.66 bits per heavy atom. The lowest BCUT2D eigenvalue weighted by Crippen LogP contribution is -2.40. The van der Waals surface area contributed by atoms with Gasteiger partial charge in [0.2, 0.25) is 5.91 Å². The van der Waals surface area contributed by atoms with Gasteiger partial charge in [0.1, 0.15) is 12.3 Å². The molecular weight excluding hydrogens is 392 g/mol. The number of ether oxygens (including phenoxy) is 2. The maximum Gasteiger partial charge on any atom is 0.294 e. The molecule has 0 radical (unpaired) electrons. The van der Waals surface area contributed by atoms with E-state index in [9.17, 15) is 14.4 Å². The second-order valence-corrected chi connectivity index (χ2v) is 7.94. The number of methoxy groups -OCH3 is 1. The van der Waals surface area contributed by atoms with E-state index in [2.05, 4.69) is 19.2 Å². The van der Waals surface area contributed by atoms with Crippen molar-refractivity contribution in [3.05, 3.63) is 33.7 Å². The number of carbonyl (C=O) groups excluding carboxylic acids is 3. The second-order valence-electron chi connectivity index (χ2n) is 6.94. The summed E-state index contributed by atoms with van der Waals surface area (Å²) in [5.41, 5.74) is 2.84. The zero-order valence-electron chi connectivity index (χ0n) is 17.5. The molecule has 1 aliphatic heterocycles. The summed E-state index contributed by atoms with van der Waals surface area (Å²) in [6, 6.07) is 3.95. The maximum atomic E-state index is 12.7. The van der Waals surface area contributed by atoms with E-state index in [-0.39, 0.29) is 12.5 Å². The van der Waals surface area contributed by atoms with Crippen LogP contribution in [0.5, 0.6) is 5.75 Å². The van der Waals surface area contributed by atoms with Crippen molar-refractivity contribution >= 4 is 34.9 Å². The fraction of sp³-hybridized carbons (Fsp3) is 0.476. The van der Waals surface area contributed by atoms with Gasteiger partial charge in [-0.2, -0.15) is 0 Å². The molecule has 8 heteroatoms. The van der Waals surface area contributed by atoms with Crippen LogP contribution in [0.4, 0.5) is 4.79 Å². The number of imide groups is 1. The minimum absolute atomic E-state index is 0.246. The Morgan fingerprint density at radius 1 is 1.31 bits per heavy atom. The molecule has 1 fully saturated rings. The van der Waals surface area contributed by atoms with Crippen LogP contribution in [0.3, 0.4) is 0 Å². The first-order valence-electron chi connectivity index (χ1n) is 9.56. The van der Waals surface area contributed by atoms with Crippen LogP contribution < -0.4 is 10.1 Å². The van der Waals surface area contributed by atoms with Crippen LogP contribution in [-0.4, -0.2) is 55.4 Å².